The molecule has 0 amide bonds. The molecule has 0 aromatic carbocycles. The summed E-state index contributed by atoms with van der Waals surface area (Å²) in [7, 11) is 0. The highest BCUT2D eigenvalue weighted by molar-refractivity contribution is 14.1. The van der Waals surface area contributed by atoms with E-state index in [1.54, 1.807) is 0 Å². The van der Waals surface area contributed by atoms with Gasteiger partial charge in [-0.1, -0.05) is 35.9 Å². The molecule has 60 valence electrons. The molecular formula is C7H13IO2. The summed E-state index contributed by atoms with van der Waals surface area (Å²) >= 11 is 2.30. The van der Waals surface area contributed by atoms with Crippen molar-refractivity contribution in [2.45, 2.75) is 30.6 Å². The molecule has 0 N–H and O–H groups in total. The van der Waals surface area contributed by atoms with Crippen LogP contribution in [0.15, 0.2) is 0 Å². The molecule has 1 atom stereocenters. The highest BCUT2D eigenvalue weighted by Gasteiger charge is 2.03. The summed E-state index contributed by atoms with van der Waals surface area (Å²) in [6.07, 6.45) is 2.27. The number of hydrogen-bond donors (Lipinski definition) is 0. The van der Waals surface area contributed by atoms with Crippen molar-refractivity contribution >= 4 is 28.6 Å². The summed E-state index contributed by atoms with van der Waals surface area (Å²) in [5, 5.41) is 0. The van der Waals surface area contributed by atoms with Crippen LogP contribution >= 0.6 is 22.6 Å². The van der Waals surface area contributed by atoms with Crippen LogP contribution in [0, 0.1) is 0 Å². The Morgan fingerprint density at radius 2 is 2.30 bits per heavy atom. The largest absolute Gasteiger partial charge is 0.465 e. The van der Waals surface area contributed by atoms with Crippen molar-refractivity contribution in [3.05, 3.63) is 0 Å². The standard InChI is InChI=1S/C7H13IO2/c1-3-4-7(8)5-10-6(2)9/h7H,3-5H2,1-2H3. The van der Waals surface area contributed by atoms with Crippen LogP contribution in [0.2, 0.25) is 0 Å². The molecule has 0 rings (SSSR count). The Kier molecular flexibility index (Phi) is 6.06. The summed E-state index contributed by atoms with van der Waals surface area (Å²) < 4.78 is 5.29. The molecule has 0 saturated carbocycles. The van der Waals surface area contributed by atoms with Crippen LogP contribution < -0.4 is 0 Å². The molecule has 2 nitrogen and oxygen atoms in total. The fourth-order valence-electron chi connectivity index (χ4n) is 0.604. The van der Waals surface area contributed by atoms with Crippen molar-refractivity contribution in [2.75, 3.05) is 6.61 Å². The van der Waals surface area contributed by atoms with Crippen molar-refractivity contribution in [3.63, 3.8) is 0 Å². The van der Waals surface area contributed by atoms with E-state index in [1.807, 2.05) is 0 Å². The van der Waals surface area contributed by atoms with Crippen LogP contribution in [-0.4, -0.2) is 16.5 Å². The van der Waals surface area contributed by atoms with E-state index in [9.17, 15) is 4.79 Å². The normalized spacial score (nSPS) is 12.7. The van der Waals surface area contributed by atoms with Gasteiger partial charge in [-0.25, -0.2) is 0 Å². The average Bonchev–Trinajstić information content (AvgIpc) is 1.85. The first-order valence-electron chi connectivity index (χ1n) is 3.44. The maximum atomic E-state index is 10.3. The molecule has 0 aromatic heterocycles. The number of alkyl halides is 1. The number of halogens is 1. The minimum Gasteiger partial charge on any atom is -0.465 e. The lowest BCUT2D eigenvalue weighted by Crippen LogP contribution is -2.10. The lowest BCUT2D eigenvalue weighted by molar-refractivity contribution is -0.140. The zero-order valence-corrected chi connectivity index (χ0v) is 8.55. The lowest BCUT2D eigenvalue weighted by Gasteiger charge is -2.06. The van der Waals surface area contributed by atoms with Gasteiger partial charge in [-0.05, 0) is 6.42 Å². The van der Waals surface area contributed by atoms with E-state index >= 15 is 0 Å². The number of ether oxygens (including phenoxy) is 1. The number of rotatable bonds is 4. The van der Waals surface area contributed by atoms with Crippen molar-refractivity contribution < 1.29 is 9.53 Å². The fraction of sp³-hybridized carbons (Fsp3) is 0.857. The first-order chi connectivity index (χ1) is 4.66. The topological polar surface area (TPSA) is 26.3 Å². The van der Waals surface area contributed by atoms with Gasteiger partial charge >= 0.3 is 5.97 Å². The SMILES string of the molecule is CCCC(I)COC(C)=O. The Morgan fingerprint density at radius 1 is 1.70 bits per heavy atom. The molecule has 0 heterocycles. The first kappa shape index (κ1) is 10.2. The van der Waals surface area contributed by atoms with E-state index in [0.29, 0.717) is 10.5 Å². The van der Waals surface area contributed by atoms with Gasteiger partial charge in [0.15, 0.2) is 0 Å². The molecule has 0 bridgehead atoms. The predicted molar refractivity (Wildman–Crippen MR) is 49.3 cm³/mol. The number of esters is 1. The molecule has 0 aliphatic rings. The van der Waals surface area contributed by atoms with E-state index < -0.39 is 0 Å². The minimum atomic E-state index is -0.183. The van der Waals surface area contributed by atoms with Gasteiger partial charge in [-0.15, -0.1) is 0 Å². The lowest BCUT2D eigenvalue weighted by atomic mass is 10.3. The molecule has 0 saturated heterocycles. The Labute approximate surface area is 75.5 Å². The molecule has 0 spiro atoms. The van der Waals surface area contributed by atoms with E-state index in [2.05, 4.69) is 29.5 Å². The number of carbonyl (C=O) groups is 1. The molecule has 0 aliphatic heterocycles. The highest BCUT2D eigenvalue weighted by Crippen LogP contribution is 2.08. The van der Waals surface area contributed by atoms with Gasteiger partial charge < -0.3 is 4.74 Å². The van der Waals surface area contributed by atoms with E-state index in [0.717, 1.165) is 12.8 Å². The van der Waals surface area contributed by atoms with Gasteiger partial charge in [0.25, 0.3) is 0 Å². The van der Waals surface area contributed by atoms with Crippen molar-refractivity contribution in [1.82, 2.24) is 0 Å². The Balaban J connectivity index is 3.21. The highest BCUT2D eigenvalue weighted by atomic mass is 127. The van der Waals surface area contributed by atoms with Gasteiger partial charge in [0.05, 0.1) is 0 Å². The third-order valence-corrected chi connectivity index (χ3v) is 2.05. The molecule has 3 heteroatoms. The average molecular weight is 256 g/mol. The van der Waals surface area contributed by atoms with Crippen LogP contribution in [0.3, 0.4) is 0 Å². The number of carbonyl (C=O) groups excluding carboxylic acids is 1. The van der Waals surface area contributed by atoms with Crippen LogP contribution in [0.1, 0.15) is 26.7 Å². The molecule has 1 unspecified atom stereocenters. The van der Waals surface area contributed by atoms with Crippen LogP contribution in [0.25, 0.3) is 0 Å². The van der Waals surface area contributed by atoms with E-state index in [-0.39, 0.29) is 5.97 Å². The van der Waals surface area contributed by atoms with Crippen LogP contribution in [0.5, 0.6) is 0 Å². The molecule has 10 heavy (non-hydrogen) atoms. The Hall–Kier alpha value is 0.200. The molecular weight excluding hydrogens is 243 g/mol. The molecule has 0 fully saturated rings. The van der Waals surface area contributed by atoms with Gasteiger partial charge in [0, 0.05) is 10.8 Å². The minimum absolute atomic E-state index is 0.183. The second kappa shape index (κ2) is 5.95. The van der Waals surface area contributed by atoms with Crippen molar-refractivity contribution in [3.8, 4) is 0 Å². The second-order valence-electron chi connectivity index (χ2n) is 2.19. The van der Waals surface area contributed by atoms with Crippen molar-refractivity contribution in [2.24, 2.45) is 0 Å². The predicted octanol–water partition coefficient (Wildman–Crippen LogP) is 2.15. The van der Waals surface area contributed by atoms with Crippen LogP contribution in [-0.2, 0) is 9.53 Å². The summed E-state index contributed by atoms with van der Waals surface area (Å²) in [6.45, 7) is 4.12. The summed E-state index contributed by atoms with van der Waals surface area (Å²) in [5.41, 5.74) is 0. The molecule has 0 aromatic rings. The van der Waals surface area contributed by atoms with Crippen LogP contribution in [0.4, 0.5) is 0 Å². The zero-order valence-electron chi connectivity index (χ0n) is 6.39. The van der Waals surface area contributed by atoms with Gasteiger partial charge in [-0.3, -0.25) is 4.79 Å². The first-order valence-corrected chi connectivity index (χ1v) is 4.68. The van der Waals surface area contributed by atoms with Crippen molar-refractivity contribution in [1.29, 1.82) is 0 Å². The maximum absolute atomic E-state index is 10.3. The van der Waals surface area contributed by atoms with Gasteiger partial charge in [-0.2, -0.15) is 0 Å². The van der Waals surface area contributed by atoms with Gasteiger partial charge in [0.1, 0.15) is 6.61 Å². The smallest absolute Gasteiger partial charge is 0.302 e. The summed E-state index contributed by atoms with van der Waals surface area (Å²) in [6, 6.07) is 0. The Morgan fingerprint density at radius 3 is 2.70 bits per heavy atom. The fourth-order valence-corrected chi connectivity index (χ4v) is 1.41. The maximum Gasteiger partial charge on any atom is 0.302 e. The van der Waals surface area contributed by atoms with Gasteiger partial charge in [0.2, 0.25) is 0 Å². The summed E-state index contributed by atoms with van der Waals surface area (Å²) in [4.78, 5) is 10.3. The second-order valence-corrected chi connectivity index (χ2v) is 3.95. The summed E-state index contributed by atoms with van der Waals surface area (Å²) in [5.74, 6) is -0.183. The third-order valence-electron chi connectivity index (χ3n) is 1.07. The van der Waals surface area contributed by atoms with E-state index in [4.69, 9.17) is 4.74 Å². The molecule has 0 aliphatic carbocycles. The number of hydrogen-bond acceptors (Lipinski definition) is 2. The monoisotopic (exact) mass is 256 g/mol. The third kappa shape index (κ3) is 6.32. The Bertz CT molecular complexity index is 104. The molecule has 0 radical (unpaired) electrons. The zero-order chi connectivity index (χ0) is 7.98. The quantitative estimate of drug-likeness (QED) is 0.437. The van der Waals surface area contributed by atoms with E-state index in [1.165, 1.54) is 6.92 Å².